The van der Waals surface area contributed by atoms with Gasteiger partial charge in [-0.05, 0) is 29.5 Å². The molecule has 2 aromatic rings. The number of rotatable bonds is 5. The Bertz CT molecular complexity index is 827. The number of aromatic nitrogens is 4. The Hall–Kier alpha value is -3.41. The zero-order chi connectivity index (χ0) is 19.2. The first kappa shape index (κ1) is 18.4. The van der Waals surface area contributed by atoms with Gasteiger partial charge in [-0.3, -0.25) is 4.79 Å². The normalized spacial score (nSPS) is 15.0. The lowest BCUT2D eigenvalue weighted by Crippen LogP contribution is -2.49. The van der Waals surface area contributed by atoms with E-state index in [1.54, 1.807) is 6.20 Å². The molecule has 1 amide bonds. The molecule has 1 fully saturated rings. The third-order valence-corrected chi connectivity index (χ3v) is 4.41. The molecular formula is C18H22N8O. The van der Waals surface area contributed by atoms with Crippen LogP contribution in [0.4, 0.5) is 11.4 Å². The third kappa shape index (κ3) is 4.41. The second-order valence-corrected chi connectivity index (χ2v) is 6.56. The van der Waals surface area contributed by atoms with Crippen LogP contribution in [0.5, 0.6) is 0 Å². The van der Waals surface area contributed by atoms with E-state index >= 15 is 0 Å². The standard InChI is InChI=1S/C18H22N8O/c1-13(2)18(27)26-9-7-25(8-10-26)16-5-3-15(4-6-16)20-12-14(11-19)17-21-23-24-22-17/h3-6,12-13,20H,7-10H2,1-2H3,(H,21,22,23,24). The molecule has 1 aromatic heterocycles. The van der Waals surface area contributed by atoms with Gasteiger partial charge in [-0.25, -0.2) is 0 Å². The van der Waals surface area contributed by atoms with E-state index in [-0.39, 0.29) is 17.6 Å². The number of amides is 1. The van der Waals surface area contributed by atoms with Crippen molar-refractivity contribution in [3.8, 4) is 6.07 Å². The lowest BCUT2D eigenvalue weighted by molar-refractivity contribution is -0.134. The number of piperazine rings is 1. The van der Waals surface area contributed by atoms with Gasteiger partial charge < -0.3 is 15.1 Å². The molecule has 0 atom stereocenters. The van der Waals surface area contributed by atoms with Crippen LogP contribution in [0.25, 0.3) is 5.57 Å². The SMILES string of the molecule is CC(C)C(=O)N1CCN(c2ccc(NC=C(C#N)c3nn[nH]n3)cc2)CC1. The van der Waals surface area contributed by atoms with E-state index in [0.29, 0.717) is 5.57 Å². The van der Waals surface area contributed by atoms with Crippen molar-refractivity contribution in [2.45, 2.75) is 13.8 Å². The number of benzene rings is 1. The van der Waals surface area contributed by atoms with Crippen molar-refractivity contribution < 1.29 is 4.79 Å². The molecule has 27 heavy (non-hydrogen) atoms. The highest BCUT2D eigenvalue weighted by atomic mass is 16.2. The second kappa shape index (κ2) is 8.31. The number of tetrazole rings is 1. The van der Waals surface area contributed by atoms with Crippen LogP contribution in [0, 0.1) is 17.2 Å². The van der Waals surface area contributed by atoms with Gasteiger partial charge in [0.1, 0.15) is 11.6 Å². The number of carbonyl (C=O) groups excluding carboxylic acids is 1. The van der Waals surface area contributed by atoms with E-state index in [9.17, 15) is 10.1 Å². The van der Waals surface area contributed by atoms with E-state index in [2.05, 4.69) is 30.8 Å². The number of nitriles is 1. The number of nitrogens with one attached hydrogen (secondary N) is 2. The van der Waals surface area contributed by atoms with Crippen molar-refractivity contribution in [3.63, 3.8) is 0 Å². The van der Waals surface area contributed by atoms with Crippen molar-refractivity contribution in [3.05, 3.63) is 36.3 Å². The summed E-state index contributed by atoms with van der Waals surface area (Å²) in [7, 11) is 0. The van der Waals surface area contributed by atoms with Crippen LogP contribution in [0.3, 0.4) is 0 Å². The molecule has 0 aliphatic carbocycles. The molecular weight excluding hydrogens is 344 g/mol. The summed E-state index contributed by atoms with van der Waals surface area (Å²) in [5.74, 6) is 0.507. The highest BCUT2D eigenvalue weighted by Gasteiger charge is 2.22. The number of nitrogens with zero attached hydrogens (tertiary/aromatic N) is 6. The maximum Gasteiger partial charge on any atom is 0.225 e. The molecule has 0 unspecified atom stereocenters. The number of aromatic amines is 1. The first-order valence-electron chi connectivity index (χ1n) is 8.83. The number of hydrogen-bond acceptors (Lipinski definition) is 7. The lowest BCUT2D eigenvalue weighted by Gasteiger charge is -2.37. The Morgan fingerprint density at radius 3 is 2.52 bits per heavy atom. The molecule has 0 spiro atoms. The van der Waals surface area contributed by atoms with Gasteiger partial charge in [0, 0.05) is 49.7 Å². The minimum atomic E-state index is 0.0423. The predicted octanol–water partition coefficient (Wildman–Crippen LogP) is 1.48. The van der Waals surface area contributed by atoms with Crippen molar-refractivity contribution in [2.24, 2.45) is 5.92 Å². The zero-order valence-electron chi connectivity index (χ0n) is 15.4. The first-order valence-corrected chi connectivity index (χ1v) is 8.83. The number of carbonyl (C=O) groups is 1. The smallest absolute Gasteiger partial charge is 0.225 e. The second-order valence-electron chi connectivity index (χ2n) is 6.56. The van der Waals surface area contributed by atoms with E-state index in [0.717, 1.165) is 37.6 Å². The minimum absolute atomic E-state index is 0.0423. The van der Waals surface area contributed by atoms with Crippen LogP contribution >= 0.6 is 0 Å². The van der Waals surface area contributed by atoms with Gasteiger partial charge in [-0.15, -0.1) is 10.2 Å². The summed E-state index contributed by atoms with van der Waals surface area (Å²) in [5, 5.41) is 25.6. The van der Waals surface area contributed by atoms with Crippen LogP contribution in [0.2, 0.25) is 0 Å². The molecule has 1 saturated heterocycles. The van der Waals surface area contributed by atoms with Gasteiger partial charge in [0.2, 0.25) is 11.7 Å². The van der Waals surface area contributed by atoms with Gasteiger partial charge in [0.15, 0.2) is 0 Å². The molecule has 1 aliphatic rings. The maximum absolute atomic E-state index is 12.1. The van der Waals surface area contributed by atoms with Gasteiger partial charge in [0.05, 0.1) is 0 Å². The molecule has 0 bridgehead atoms. The molecule has 1 aromatic carbocycles. The molecule has 2 N–H and O–H groups in total. The van der Waals surface area contributed by atoms with Crippen molar-refractivity contribution in [1.29, 1.82) is 5.26 Å². The summed E-state index contributed by atoms with van der Waals surface area (Å²) in [6.07, 6.45) is 1.55. The van der Waals surface area contributed by atoms with E-state index < -0.39 is 0 Å². The predicted molar refractivity (Wildman–Crippen MR) is 101 cm³/mol. The molecule has 0 radical (unpaired) electrons. The highest BCUT2D eigenvalue weighted by Crippen LogP contribution is 2.20. The molecule has 3 rings (SSSR count). The summed E-state index contributed by atoms with van der Waals surface area (Å²) in [5.41, 5.74) is 2.25. The van der Waals surface area contributed by atoms with E-state index in [1.807, 2.05) is 49.1 Å². The van der Waals surface area contributed by atoms with Gasteiger partial charge in [-0.2, -0.15) is 10.5 Å². The maximum atomic E-state index is 12.1. The quantitative estimate of drug-likeness (QED) is 0.770. The Labute approximate surface area is 157 Å². The van der Waals surface area contributed by atoms with Crippen LogP contribution in [-0.4, -0.2) is 57.6 Å². The molecule has 0 saturated carbocycles. The molecule has 2 heterocycles. The summed E-state index contributed by atoms with van der Waals surface area (Å²) in [6.45, 7) is 7.01. The average Bonchev–Trinajstić information content (AvgIpc) is 3.23. The Morgan fingerprint density at radius 2 is 1.96 bits per heavy atom. The molecule has 9 heteroatoms. The highest BCUT2D eigenvalue weighted by molar-refractivity contribution is 5.78. The number of anilines is 2. The average molecular weight is 366 g/mol. The van der Waals surface area contributed by atoms with Crippen LogP contribution < -0.4 is 10.2 Å². The Kier molecular flexibility index (Phi) is 5.66. The molecule has 9 nitrogen and oxygen atoms in total. The summed E-state index contributed by atoms with van der Waals surface area (Å²) in [6, 6.07) is 9.97. The number of H-pyrrole nitrogens is 1. The third-order valence-electron chi connectivity index (χ3n) is 4.41. The fourth-order valence-corrected chi connectivity index (χ4v) is 2.90. The van der Waals surface area contributed by atoms with Crippen molar-refractivity contribution >= 4 is 22.9 Å². The fraction of sp³-hybridized carbons (Fsp3) is 0.389. The van der Waals surface area contributed by atoms with Gasteiger partial charge >= 0.3 is 0 Å². The zero-order valence-corrected chi connectivity index (χ0v) is 15.4. The Morgan fingerprint density at radius 1 is 1.26 bits per heavy atom. The van der Waals surface area contributed by atoms with Crippen LogP contribution in [-0.2, 0) is 4.79 Å². The number of allylic oxidation sites excluding steroid dienone is 1. The van der Waals surface area contributed by atoms with E-state index in [1.165, 1.54) is 0 Å². The molecule has 1 aliphatic heterocycles. The molecule has 140 valence electrons. The summed E-state index contributed by atoms with van der Waals surface area (Å²) < 4.78 is 0. The van der Waals surface area contributed by atoms with Crippen LogP contribution in [0.15, 0.2) is 30.5 Å². The topological polar surface area (TPSA) is 114 Å². The lowest BCUT2D eigenvalue weighted by atomic mass is 10.1. The minimum Gasteiger partial charge on any atom is -0.368 e. The van der Waals surface area contributed by atoms with Crippen molar-refractivity contribution in [1.82, 2.24) is 25.5 Å². The van der Waals surface area contributed by atoms with Crippen LogP contribution in [0.1, 0.15) is 19.7 Å². The van der Waals surface area contributed by atoms with Crippen molar-refractivity contribution in [2.75, 3.05) is 36.4 Å². The fourth-order valence-electron chi connectivity index (χ4n) is 2.90. The van der Waals surface area contributed by atoms with Gasteiger partial charge in [-0.1, -0.05) is 13.8 Å². The summed E-state index contributed by atoms with van der Waals surface area (Å²) in [4.78, 5) is 16.3. The largest absolute Gasteiger partial charge is 0.368 e. The monoisotopic (exact) mass is 366 g/mol. The first-order chi connectivity index (χ1) is 13.1. The number of hydrogen-bond donors (Lipinski definition) is 2. The van der Waals surface area contributed by atoms with E-state index in [4.69, 9.17) is 0 Å². The van der Waals surface area contributed by atoms with Gasteiger partial charge in [0.25, 0.3) is 0 Å². The summed E-state index contributed by atoms with van der Waals surface area (Å²) >= 11 is 0. The Balaban J connectivity index is 1.58.